The Morgan fingerprint density at radius 3 is 2.33 bits per heavy atom. The molecular formula is C17H14ClF3N2O3S. The number of aliphatic hydroxyl groups is 1. The third kappa shape index (κ3) is 3.80. The Hall–Kier alpha value is -2.10. The van der Waals surface area contributed by atoms with Crippen molar-refractivity contribution in [2.45, 2.75) is 16.8 Å². The van der Waals surface area contributed by atoms with E-state index in [9.17, 15) is 26.7 Å². The summed E-state index contributed by atoms with van der Waals surface area (Å²) in [5.41, 5.74) is -2.75. The van der Waals surface area contributed by atoms with Crippen LogP contribution in [0.15, 0.2) is 58.4 Å². The minimum absolute atomic E-state index is 0.0187. The van der Waals surface area contributed by atoms with Gasteiger partial charge in [-0.15, -0.1) is 0 Å². The van der Waals surface area contributed by atoms with Crippen molar-refractivity contribution in [2.75, 3.05) is 17.7 Å². The molecule has 0 saturated carbocycles. The molecule has 1 heterocycles. The monoisotopic (exact) mass is 418 g/mol. The van der Waals surface area contributed by atoms with E-state index in [1.807, 2.05) is 0 Å². The molecule has 2 aromatic carbocycles. The molecule has 0 aliphatic carbocycles. The van der Waals surface area contributed by atoms with Crippen LogP contribution < -0.4 is 4.90 Å². The molecule has 0 aromatic heterocycles. The van der Waals surface area contributed by atoms with Crippen molar-refractivity contribution in [1.82, 2.24) is 0 Å². The number of benzene rings is 2. The molecule has 0 spiro atoms. The Morgan fingerprint density at radius 1 is 1.19 bits per heavy atom. The molecule has 0 bridgehead atoms. The number of hydrogen-bond acceptors (Lipinski definition) is 5. The van der Waals surface area contributed by atoms with Gasteiger partial charge in [-0.1, -0.05) is 17.7 Å². The van der Waals surface area contributed by atoms with Gasteiger partial charge >= 0.3 is 6.18 Å². The molecule has 0 amide bonds. The number of sulfone groups is 1. The third-order valence-corrected chi connectivity index (χ3v) is 5.40. The third-order valence-electron chi connectivity index (χ3n) is 4.04. The summed E-state index contributed by atoms with van der Waals surface area (Å²) in [7, 11) is -3.46. The maximum atomic E-state index is 13.3. The minimum atomic E-state index is -4.99. The van der Waals surface area contributed by atoms with Gasteiger partial charge in [-0.3, -0.25) is 0 Å². The first-order chi connectivity index (χ1) is 12.4. The van der Waals surface area contributed by atoms with Crippen LogP contribution in [0.4, 0.5) is 18.9 Å². The quantitative estimate of drug-likeness (QED) is 0.830. The van der Waals surface area contributed by atoms with Crippen LogP contribution in [0, 0.1) is 0 Å². The van der Waals surface area contributed by atoms with E-state index < -0.39 is 28.3 Å². The summed E-state index contributed by atoms with van der Waals surface area (Å²) in [6.45, 7) is -0.847. The van der Waals surface area contributed by atoms with Gasteiger partial charge in [0.1, 0.15) is 5.84 Å². The van der Waals surface area contributed by atoms with Crippen LogP contribution in [0.2, 0.25) is 5.02 Å². The molecule has 10 heteroatoms. The molecule has 3 rings (SSSR count). The summed E-state index contributed by atoms with van der Waals surface area (Å²) < 4.78 is 63.2. The highest BCUT2D eigenvalue weighted by molar-refractivity contribution is 7.90. The van der Waals surface area contributed by atoms with E-state index in [0.717, 1.165) is 6.26 Å². The van der Waals surface area contributed by atoms with Crippen molar-refractivity contribution in [3.63, 3.8) is 0 Å². The smallest absolute Gasteiger partial charge is 0.361 e. The van der Waals surface area contributed by atoms with E-state index in [-0.39, 0.29) is 16.3 Å². The summed E-state index contributed by atoms with van der Waals surface area (Å²) in [5, 5.41) is 10.4. The summed E-state index contributed by atoms with van der Waals surface area (Å²) in [5.74, 6) is -0.142. The lowest BCUT2D eigenvalue weighted by atomic mass is 10.1. The van der Waals surface area contributed by atoms with Gasteiger partial charge in [0.25, 0.3) is 5.72 Å². The van der Waals surface area contributed by atoms with E-state index in [4.69, 9.17) is 11.6 Å². The second-order valence-corrected chi connectivity index (χ2v) is 8.56. The molecule has 0 fully saturated rings. The van der Waals surface area contributed by atoms with Crippen molar-refractivity contribution in [3.8, 4) is 0 Å². The SMILES string of the molecule is CS(=O)(=O)c1ccc(C2=NC(O)(C(F)(F)F)CN2c2cccc(Cl)c2)cc1. The molecule has 0 radical (unpaired) electrons. The van der Waals surface area contributed by atoms with Crippen LogP contribution in [0.5, 0.6) is 0 Å². The van der Waals surface area contributed by atoms with Crippen LogP contribution in [0.1, 0.15) is 5.56 Å². The second-order valence-electron chi connectivity index (χ2n) is 6.11. The number of hydrogen-bond donors (Lipinski definition) is 1. The lowest BCUT2D eigenvalue weighted by Gasteiger charge is -2.25. The fraction of sp³-hybridized carbons (Fsp3) is 0.235. The van der Waals surface area contributed by atoms with Crippen molar-refractivity contribution < 1.29 is 26.7 Å². The average Bonchev–Trinajstić information content (AvgIpc) is 2.93. The zero-order valence-corrected chi connectivity index (χ0v) is 15.5. The normalized spacial score (nSPS) is 20.7. The summed E-state index contributed by atoms with van der Waals surface area (Å²) in [6, 6.07) is 11.3. The van der Waals surface area contributed by atoms with Gasteiger partial charge in [0.2, 0.25) is 0 Å². The zero-order chi connectivity index (χ0) is 20.0. The largest absolute Gasteiger partial charge is 0.440 e. The molecule has 1 aliphatic heterocycles. The molecular weight excluding hydrogens is 405 g/mol. The molecule has 2 aromatic rings. The lowest BCUT2D eigenvalue weighted by molar-refractivity contribution is -0.249. The number of β-amino-alcohol motifs (C(OH)–C–C–N with tert-alkyl or cyclic N) is 1. The molecule has 27 heavy (non-hydrogen) atoms. The maximum Gasteiger partial charge on any atom is 0.440 e. The van der Waals surface area contributed by atoms with Gasteiger partial charge in [0, 0.05) is 22.5 Å². The first-order valence-corrected chi connectivity index (χ1v) is 9.90. The van der Waals surface area contributed by atoms with Gasteiger partial charge in [0.05, 0.1) is 11.4 Å². The highest BCUT2D eigenvalue weighted by Gasteiger charge is 2.58. The molecule has 5 nitrogen and oxygen atoms in total. The topological polar surface area (TPSA) is 70.0 Å². The van der Waals surface area contributed by atoms with E-state index in [0.29, 0.717) is 10.7 Å². The molecule has 144 valence electrons. The predicted molar refractivity (Wildman–Crippen MR) is 95.9 cm³/mol. The zero-order valence-electron chi connectivity index (χ0n) is 13.9. The number of anilines is 1. The highest BCUT2D eigenvalue weighted by Crippen LogP contribution is 2.39. The van der Waals surface area contributed by atoms with Gasteiger partial charge in [-0.2, -0.15) is 13.2 Å². The van der Waals surface area contributed by atoms with Crippen LogP contribution >= 0.6 is 11.6 Å². The predicted octanol–water partition coefficient (Wildman–Crippen LogP) is 3.26. The Balaban J connectivity index is 2.11. The summed E-state index contributed by atoms with van der Waals surface area (Å²) in [6.07, 6.45) is -3.96. The Bertz CT molecular complexity index is 1010. The molecule has 1 atom stereocenters. The van der Waals surface area contributed by atoms with Crippen molar-refractivity contribution in [2.24, 2.45) is 4.99 Å². The van der Waals surface area contributed by atoms with Gasteiger partial charge < -0.3 is 10.0 Å². The fourth-order valence-electron chi connectivity index (χ4n) is 2.65. The van der Waals surface area contributed by atoms with E-state index in [1.54, 1.807) is 12.1 Å². The standard InChI is InChI=1S/C17H14ClF3N2O3S/c1-27(25,26)14-7-5-11(6-8-14)15-22-16(24,17(19,20)21)10-23(15)13-4-2-3-12(18)9-13/h2-9,24H,10H2,1H3. The van der Waals surface area contributed by atoms with Crippen molar-refractivity contribution >= 4 is 33.0 Å². The molecule has 1 unspecified atom stereocenters. The Kier molecular flexibility index (Phi) is 4.73. The number of nitrogens with zero attached hydrogens (tertiary/aromatic N) is 2. The highest BCUT2D eigenvalue weighted by atomic mass is 35.5. The fourth-order valence-corrected chi connectivity index (χ4v) is 3.46. The minimum Gasteiger partial charge on any atom is -0.361 e. The Morgan fingerprint density at radius 2 is 1.81 bits per heavy atom. The number of halogens is 4. The van der Waals surface area contributed by atoms with E-state index in [1.165, 1.54) is 41.3 Å². The van der Waals surface area contributed by atoms with E-state index in [2.05, 4.69) is 4.99 Å². The van der Waals surface area contributed by atoms with Crippen LogP contribution in [0.3, 0.4) is 0 Å². The van der Waals surface area contributed by atoms with Gasteiger partial charge in [-0.05, 0) is 42.5 Å². The van der Waals surface area contributed by atoms with Crippen LogP contribution in [-0.2, 0) is 9.84 Å². The molecule has 0 saturated heterocycles. The molecule has 1 aliphatic rings. The number of rotatable bonds is 3. The van der Waals surface area contributed by atoms with Crippen LogP contribution in [0.25, 0.3) is 0 Å². The first kappa shape index (κ1) is 19.7. The average molecular weight is 419 g/mol. The lowest BCUT2D eigenvalue weighted by Crippen LogP contribution is -2.47. The van der Waals surface area contributed by atoms with Crippen molar-refractivity contribution in [3.05, 3.63) is 59.1 Å². The summed E-state index contributed by atoms with van der Waals surface area (Å²) >= 11 is 5.93. The molecule has 1 N–H and O–H groups in total. The Labute approximate surface area is 158 Å². The first-order valence-electron chi connectivity index (χ1n) is 7.63. The van der Waals surface area contributed by atoms with Gasteiger partial charge in [-0.25, -0.2) is 13.4 Å². The number of aliphatic imine (C=N–C) groups is 1. The number of amidine groups is 1. The maximum absolute atomic E-state index is 13.3. The van der Waals surface area contributed by atoms with E-state index >= 15 is 0 Å². The second kappa shape index (κ2) is 6.50. The van der Waals surface area contributed by atoms with Crippen molar-refractivity contribution in [1.29, 1.82) is 0 Å². The summed E-state index contributed by atoms with van der Waals surface area (Å²) in [4.78, 5) is 4.73. The van der Waals surface area contributed by atoms with Gasteiger partial charge in [0.15, 0.2) is 9.84 Å². The van der Waals surface area contributed by atoms with Crippen LogP contribution in [-0.4, -0.2) is 44.1 Å². The number of alkyl halides is 3.